The van der Waals surface area contributed by atoms with Crippen LogP contribution in [0.1, 0.15) is 46.9 Å². The Labute approximate surface area is 162 Å². The van der Waals surface area contributed by atoms with Crippen LogP contribution >= 0.6 is 11.3 Å². The Morgan fingerprint density at radius 2 is 2.07 bits per heavy atom. The summed E-state index contributed by atoms with van der Waals surface area (Å²) in [5, 5.41) is 0.981. The average molecular weight is 385 g/mol. The molecule has 0 aromatic carbocycles. The predicted molar refractivity (Wildman–Crippen MR) is 106 cm³/mol. The van der Waals surface area contributed by atoms with E-state index in [2.05, 4.69) is 19.4 Å². The minimum Gasteiger partial charge on any atom is -0.462 e. The molecule has 1 fully saturated rings. The molecule has 7 nitrogen and oxygen atoms in total. The van der Waals surface area contributed by atoms with Crippen LogP contribution in [0.15, 0.2) is 18.7 Å². The number of hydrogen-bond acceptors (Lipinski definition) is 7. The van der Waals surface area contributed by atoms with Crippen LogP contribution in [0.3, 0.4) is 0 Å². The molecule has 4 heterocycles. The minimum atomic E-state index is -0.277. The molecule has 3 aromatic heterocycles. The van der Waals surface area contributed by atoms with E-state index in [1.807, 2.05) is 39.5 Å². The molecule has 0 aliphatic carbocycles. The fraction of sp³-hybridized carbons (Fsp3) is 0.474. The first-order chi connectivity index (χ1) is 13.1. The van der Waals surface area contributed by atoms with Crippen LogP contribution in [0.2, 0.25) is 0 Å². The maximum absolute atomic E-state index is 12.3. The van der Waals surface area contributed by atoms with Crippen LogP contribution < -0.4 is 4.90 Å². The van der Waals surface area contributed by atoms with Gasteiger partial charge in [-0.25, -0.2) is 19.7 Å². The summed E-state index contributed by atoms with van der Waals surface area (Å²) in [6, 6.07) is 0.473. The van der Waals surface area contributed by atoms with Crippen molar-refractivity contribution in [1.29, 1.82) is 0 Å². The van der Waals surface area contributed by atoms with E-state index in [0.717, 1.165) is 53.4 Å². The van der Waals surface area contributed by atoms with Crippen molar-refractivity contribution in [1.82, 2.24) is 19.5 Å². The summed E-state index contributed by atoms with van der Waals surface area (Å²) in [5.74, 6) is 1.39. The van der Waals surface area contributed by atoms with E-state index in [0.29, 0.717) is 17.5 Å². The second-order valence-corrected chi connectivity index (χ2v) is 7.78. The van der Waals surface area contributed by atoms with E-state index in [9.17, 15) is 4.79 Å². The molecule has 0 atom stereocenters. The quantitative estimate of drug-likeness (QED) is 0.640. The number of thiophene rings is 1. The van der Waals surface area contributed by atoms with E-state index in [4.69, 9.17) is 9.72 Å². The molecule has 0 N–H and O–H groups in total. The molecule has 27 heavy (non-hydrogen) atoms. The number of aryl methyl sites for hydroxylation is 2. The molecule has 8 heteroatoms. The Hall–Kier alpha value is -2.48. The summed E-state index contributed by atoms with van der Waals surface area (Å²) < 4.78 is 7.40. The van der Waals surface area contributed by atoms with Crippen molar-refractivity contribution in [3.63, 3.8) is 0 Å². The number of carbonyl (C=O) groups excluding carboxylic acids is 1. The number of esters is 1. The van der Waals surface area contributed by atoms with E-state index in [1.54, 1.807) is 0 Å². The van der Waals surface area contributed by atoms with Gasteiger partial charge in [-0.2, -0.15) is 0 Å². The highest BCUT2D eigenvalue weighted by Crippen LogP contribution is 2.37. The van der Waals surface area contributed by atoms with Gasteiger partial charge in [-0.15, -0.1) is 11.3 Å². The molecular weight excluding hydrogens is 362 g/mol. The van der Waals surface area contributed by atoms with Crippen LogP contribution in [0.4, 0.5) is 5.82 Å². The Balaban J connectivity index is 1.66. The monoisotopic (exact) mass is 385 g/mol. The number of aromatic nitrogens is 4. The zero-order valence-electron chi connectivity index (χ0n) is 15.8. The smallest absolute Gasteiger partial charge is 0.348 e. The van der Waals surface area contributed by atoms with Gasteiger partial charge in [-0.3, -0.25) is 0 Å². The van der Waals surface area contributed by atoms with Gasteiger partial charge in [-0.1, -0.05) is 0 Å². The van der Waals surface area contributed by atoms with Crippen LogP contribution in [0.25, 0.3) is 10.2 Å². The van der Waals surface area contributed by atoms with Gasteiger partial charge >= 0.3 is 5.97 Å². The summed E-state index contributed by atoms with van der Waals surface area (Å²) in [6.07, 6.45) is 7.82. The number of fused-ring (bicyclic) bond motifs is 1. The zero-order chi connectivity index (χ0) is 19.0. The third-order valence-corrected chi connectivity index (χ3v) is 6.22. The summed E-state index contributed by atoms with van der Waals surface area (Å²) in [4.78, 5) is 29.6. The summed E-state index contributed by atoms with van der Waals surface area (Å²) in [5.41, 5.74) is 0.917. The molecule has 3 aromatic rings. The van der Waals surface area contributed by atoms with Gasteiger partial charge in [-0.05, 0) is 39.2 Å². The first kappa shape index (κ1) is 17.9. The first-order valence-corrected chi connectivity index (χ1v) is 10.1. The van der Waals surface area contributed by atoms with Gasteiger partial charge in [0.25, 0.3) is 0 Å². The third kappa shape index (κ3) is 3.29. The average Bonchev–Trinajstić information content (AvgIpc) is 3.30. The number of imidazole rings is 1. The van der Waals surface area contributed by atoms with Crippen LogP contribution in [-0.2, 0) is 4.74 Å². The number of anilines is 1. The molecule has 1 saturated heterocycles. The first-order valence-electron chi connectivity index (χ1n) is 9.25. The lowest BCUT2D eigenvalue weighted by atomic mass is 10.0. The van der Waals surface area contributed by atoms with Crippen LogP contribution in [0, 0.1) is 13.8 Å². The lowest BCUT2D eigenvalue weighted by Gasteiger charge is -2.33. The maximum atomic E-state index is 12.3. The van der Waals surface area contributed by atoms with Crippen molar-refractivity contribution in [3.05, 3.63) is 35.0 Å². The molecule has 0 radical (unpaired) electrons. The molecule has 0 amide bonds. The van der Waals surface area contributed by atoms with Gasteiger partial charge in [0.05, 0.1) is 18.3 Å². The van der Waals surface area contributed by atoms with E-state index >= 15 is 0 Å². The molecule has 142 valence electrons. The highest BCUT2D eigenvalue weighted by molar-refractivity contribution is 7.20. The predicted octanol–water partition coefficient (Wildman–Crippen LogP) is 3.52. The fourth-order valence-electron chi connectivity index (χ4n) is 3.70. The van der Waals surface area contributed by atoms with Crippen molar-refractivity contribution >= 4 is 33.3 Å². The van der Waals surface area contributed by atoms with Crippen molar-refractivity contribution in [2.45, 2.75) is 39.7 Å². The highest BCUT2D eigenvalue weighted by atomic mass is 32.1. The summed E-state index contributed by atoms with van der Waals surface area (Å²) in [7, 11) is 0. The van der Waals surface area contributed by atoms with Crippen molar-refractivity contribution < 1.29 is 9.53 Å². The Bertz CT molecular complexity index is 958. The zero-order valence-corrected chi connectivity index (χ0v) is 16.6. The SMILES string of the molecule is CCOC(=O)c1sc2nc(C)nc(N3CCC(n4ccnc4)CC3)c2c1C. The summed E-state index contributed by atoms with van der Waals surface area (Å²) >= 11 is 1.40. The van der Waals surface area contributed by atoms with Gasteiger partial charge in [0, 0.05) is 31.5 Å². The second-order valence-electron chi connectivity index (χ2n) is 6.78. The lowest BCUT2D eigenvalue weighted by molar-refractivity contribution is 0.0531. The number of rotatable bonds is 4. The number of ether oxygens (including phenoxy) is 1. The molecule has 4 rings (SSSR count). The third-order valence-electron chi connectivity index (χ3n) is 5.05. The van der Waals surface area contributed by atoms with Crippen LogP contribution in [-0.4, -0.2) is 45.2 Å². The Morgan fingerprint density at radius 1 is 1.30 bits per heavy atom. The number of nitrogens with zero attached hydrogens (tertiary/aromatic N) is 5. The Kier molecular flexibility index (Phi) is 4.82. The number of carbonyl (C=O) groups is 1. The van der Waals surface area contributed by atoms with Crippen molar-refractivity contribution in [3.8, 4) is 0 Å². The van der Waals surface area contributed by atoms with E-state index in [1.165, 1.54) is 11.3 Å². The molecule has 1 aliphatic rings. The minimum absolute atomic E-state index is 0.277. The van der Waals surface area contributed by atoms with Crippen molar-refractivity contribution in [2.75, 3.05) is 24.6 Å². The summed E-state index contributed by atoms with van der Waals surface area (Å²) in [6.45, 7) is 7.88. The highest BCUT2D eigenvalue weighted by Gasteiger charge is 2.26. The molecule has 0 unspecified atom stereocenters. The van der Waals surface area contributed by atoms with Gasteiger partial charge < -0.3 is 14.2 Å². The van der Waals surface area contributed by atoms with Crippen LogP contribution in [0.5, 0.6) is 0 Å². The largest absolute Gasteiger partial charge is 0.462 e. The molecule has 0 spiro atoms. The van der Waals surface area contributed by atoms with Crippen molar-refractivity contribution in [2.24, 2.45) is 0 Å². The molecular formula is C19H23N5O2S. The van der Waals surface area contributed by atoms with Gasteiger partial charge in [0.15, 0.2) is 0 Å². The lowest BCUT2D eigenvalue weighted by Crippen LogP contribution is -2.35. The fourth-order valence-corrected chi connectivity index (χ4v) is 4.82. The Morgan fingerprint density at radius 3 is 2.74 bits per heavy atom. The maximum Gasteiger partial charge on any atom is 0.348 e. The molecule has 1 aliphatic heterocycles. The topological polar surface area (TPSA) is 73.1 Å². The van der Waals surface area contributed by atoms with E-state index < -0.39 is 0 Å². The molecule has 0 bridgehead atoms. The number of hydrogen-bond donors (Lipinski definition) is 0. The van der Waals surface area contributed by atoms with Gasteiger partial charge in [0.2, 0.25) is 0 Å². The van der Waals surface area contributed by atoms with E-state index in [-0.39, 0.29) is 5.97 Å². The standard InChI is InChI=1S/C19H23N5O2S/c1-4-26-19(25)16-12(2)15-17(21-13(3)22-18(15)27-16)23-8-5-14(6-9-23)24-10-7-20-11-24/h7,10-11,14H,4-6,8-9H2,1-3H3. The second kappa shape index (κ2) is 7.26. The number of piperidine rings is 1. The van der Waals surface area contributed by atoms with Gasteiger partial charge in [0.1, 0.15) is 21.3 Å². The normalized spacial score (nSPS) is 15.4. The molecule has 0 saturated carbocycles.